The topological polar surface area (TPSA) is 52.6 Å². The molecule has 0 aromatic heterocycles. The van der Waals surface area contributed by atoms with Gasteiger partial charge in [-0.1, -0.05) is 0 Å². The number of rotatable bonds is 5. The van der Waals surface area contributed by atoms with Gasteiger partial charge in [-0.25, -0.2) is 0 Å². The minimum Gasteiger partial charge on any atom is -0.480 e. The van der Waals surface area contributed by atoms with Gasteiger partial charge in [0.05, 0.1) is 6.54 Å². The quantitative estimate of drug-likeness (QED) is 0.817. The van der Waals surface area contributed by atoms with Crippen LogP contribution in [-0.2, 0) is 4.79 Å². The number of halogens is 3. The summed E-state index contributed by atoms with van der Waals surface area (Å²) in [7, 11) is 1.41. The van der Waals surface area contributed by atoms with Crippen molar-refractivity contribution in [3.63, 3.8) is 0 Å². The Balaban J connectivity index is 2.79. The predicted molar refractivity (Wildman–Crippen MR) is 69.6 cm³/mol. The summed E-state index contributed by atoms with van der Waals surface area (Å²) >= 11 is 0. The molecule has 0 heterocycles. The van der Waals surface area contributed by atoms with Gasteiger partial charge in [-0.2, -0.15) is 13.2 Å². The fraction of sp³-hybridized carbons (Fsp3) is 0.923. The van der Waals surface area contributed by atoms with Gasteiger partial charge in [0.15, 0.2) is 0 Å². The monoisotopic (exact) mass is 296 g/mol. The van der Waals surface area contributed by atoms with Gasteiger partial charge in [0.2, 0.25) is 0 Å². The molecular formula is C13H23F3N2O2. The van der Waals surface area contributed by atoms with Crippen molar-refractivity contribution in [1.29, 1.82) is 0 Å². The number of carboxylic acid groups (broad SMARTS) is 1. The summed E-state index contributed by atoms with van der Waals surface area (Å²) in [6.07, 6.45) is -2.40. The third-order valence-corrected chi connectivity index (χ3v) is 3.75. The maximum atomic E-state index is 12.4. The Bertz CT molecular complexity index is 347. The molecule has 0 saturated heterocycles. The van der Waals surface area contributed by atoms with Crippen LogP contribution < -0.4 is 5.32 Å². The second kappa shape index (κ2) is 6.30. The number of carbonyl (C=O) groups is 1. The highest BCUT2D eigenvalue weighted by Gasteiger charge is 2.45. The van der Waals surface area contributed by atoms with E-state index in [0.717, 1.165) is 0 Å². The summed E-state index contributed by atoms with van der Waals surface area (Å²) in [4.78, 5) is 12.8. The first-order valence-corrected chi connectivity index (χ1v) is 6.84. The van der Waals surface area contributed by atoms with Gasteiger partial charge in [0.1, 0.15) is 5.54 Å². The molecular weight excluding hydrogens is 273 g/mol. The van der Waals surface area contributed by atoms with Crippen LogP contribution in [0, 0.1) is 0 Å². The van der Waals surface area contributed by atoms with Gasteiger partial charge in [-0.3, -0.25) is 15.0 Å². The number of hydrogen-bond donors (Lipinski definition) is 2. The highest BCUT2D eigenvalue weighted by Crippen LogP contribution is 2.32. The van der Waals surface area contributed by atoms with Gasteiger partial charge in [-0.05, 0) is 46.6 Å². The lowest BCUT2D eigenvalue weighted by molar-refractivity contribution is -0.154. The second-order valence-electron chi connectivity index (χ2n) is 5.97. The number of hydrogen-bond acceptors (Lipinski definition) is 3. The van der Waals surface area contributed by atoms with Crippen molar-refractivity contribution in [2.45, 2.75) is 63.3 Å². The van der Waals surface area contributed by atoms with Gasteiger partial charge < -0.3 is 5.11 Å². The molecule has 0 aliphatic heterocycles. The molecule has 7 heteroatoms. The van der Waals surface area contributed by atoms with E-state index in [1.165, 1.54) is 11.9 Å². The smallest absolute Gasteiger partial charge is 0.401 e. The maximum absolute atomic E-state index is 12.4. The summed E-state index contributed by atoms with van der Waals surface area (Å²) in [5.74, 6) is -0.976. The molecule has 20 heavy (non-hydrogen) atoms. The lowest BCUT2D eigenvalue weighted by Crippen LogP contribution is -2.60. The molecule has 2 unspecified atom stereocenters. The summed E-state index contributed by atoms with van der Waals surface area (Å²) < 4.78 is 37.3. The minimum absolute atomic E-state index is 0.0298. The van der Waals surface area contributed by atoms with Crippen LogP contribution >= 0.6 is 0 Å². The summed E-state index contributed by atoms with van der Waals surface area (Å²) in [5.41, 5.74) is -1.11. The Morgan fingerprint density at radius 2 is 2.10 bits per heavy atom. The van der Waals surface area contributed by atoms with E-state index in [-0.39, 0.29) is 18.5 Å². The van der Waals surface area contributed by atoms with E-state index in [4.69, 9.17) is 0 Å². The van der Waals surface area contributed by atoms with Crippen LogP contribution in [0.25, 0.3) is 0 Å². The first-order valence-electron chi connectivity index (χ1n) is 6.84. The molecule has 1 aliphatic carbocycles. The number of nitrogens with one attached hydrogen (secondary N) is 1. The van der Waals surface area contributed by atoms with Crippen LogP contribution in [0.1, 0.15) is 39.5 Å². The van der Waals surface area contributed by atoms with Crippen molar-refractivity contribution in [1.82, 2.24) is 10.2 Å². The minimum atomic E-state index is -4.26. The zero-order chi connectivity index (χ0) is 15.6. The van der Waals surface area contributed by atoms with Crippen molar-refractivity contribution in [2.75, 3.05) is 13.6 Å². The summed E-state index contributed by atoms with van der Waals surface area (Å²) in [6.45, 7) is 2.68. The molecule has 0 amide bonds. The molecule has 0 bridgehead atoms. The van der Waals surface area contributed by atoms with Crippen LogP contribution in [0.2, 0.25) is 0 Å². The Morgan fingerprint density at radius 1 is 1.50 bits per heavy atom. The largest absolute Gasteiger partial charge is 0.480 e. The Kier molecular flexibility index (Phi) is 5.43. The normalized spacial score (nSPS) is 28.1. The van der Waals surface area contributed by atoms with E-state index in [2.05, 4.69) is 5.32 Å². The van der Waals surface area contributed by atoms with E-state index in [1.807, 2.05) is 13.8 Å². The van der Waals surface area contributed by atoms with Gasteiger partial charge in [0, 0.05) is 12.1 Å². The average molecular weight is 296 g/mol. The zero-order valence-corrected chi connectivity index (χ0v) is 12.1. The number of carboxylic acids is 1. The standard InChI is InChI=1S/C13H23F3N2O2/c1-9(2)17-12(11(19)20)6-4-5-10(7-12)18(3)8-13(14,15)16/h9-10,17H,4-8H2,1-3H3,(H,19,20). The van der Waals surface area contributed by atoms with Crippen molar-refractivity contribution < 1.29 is 23.1 Å². The number of nitrogens with zero attached hydrogens (tertiary/aromatic N) is 1. The van der Waals surface area contributed by atoms with Crippen LogP contribution in [0.3, 0.4) is 0 Å². The zero-order valence-electron chi connectivity index (χ0n) is 12.1. The van der Waals surface area contributed by atoms with Crippen LogP contribution in [-0.4, -0.2) is 53.4 Å². The molecule has 0 spiro atoms. The molecule has 0 aromatic carbocycles. The SMILES string of the molecule is CC(C)NC1(C(=O)O)CCCC(N(C)CC(F)(F)F)C1. The highest BCUT2D eigenvalue weighted by atomic mass is 19.4. The van der Waals surface area contributed by atoms with Gasteiger partial charge >= 0.3 is 12.1 Å². The molecule has 2 atom stereocenters. The first-order chi connectivity index (χ1) is 9.06. The molecule has 1 aliphatic rings. The molecule has 2 N–H and O–H groups in total. The fourth-order valence-corrected chi connectivity index (χ4v) is 2.97. The summed E-state index contributed by atoms with van der Waals surface area (Å²) in [5, 5.41) is 12.5. The second-order valence-corrected chi connectivity index (χ2v) is 5.97. The third-order valence-electron chi connectivity index (χ3n) is 3.75. The average Bonchev–Trinajstić information content (AvgIpc) is 2.25. The molecule has 0 radical (unpaired) electrons. The Labute approximate surface area is 117 Å². The summed E-state index contributed by atoms with van der Waals surface area (Å²) in [6, 6.07) is -0.398. The third kappa shape index (κ3) is 4.63. The van der Waals surface area contributed by atoms with Crippen LogP contribution in [0.5, 0.6) is 0 Å². The fourth-order valence-electron chi connectivity index (χ4n) is 2.97. The highest BCUT2D eigenvalue weighted by molar-refractivity contribution is 5.79. The van der Waals surface area contributed by atoms with E-state index in [1.54, 1.807) is 0 Å². The van der Waals surface area contributed by atoms with Crippen molar-refractivity contribution in [3.8, 4) is 0 Å². The van der Waals surface area contributed by atoms with Gasteiger partial charge in [-0.15, -0.1) is 0 Å². The lowest BCUT2D eigenvalue weighted by atomic mass is 9.78. The number of aliphatic carboxylic acids is 1. The van der Waals surface area contributed by atoms with Crippen molar-refractivity contribution >= 4 is 5.97 Å². The van der Waals surface area contributed by atoms with E-state index >= 15 is 0 Å². The van der Waals surface area contributed by atoms with Crippen molar-refractivity contribution in [2.24, 2.45) is 0 Å². The predicted octanol–water partition coefficient (Wildman–Crippen LogP) is 2.24. The lowest BCUT2D eigenvalue weighted by Gasteiger charge is -2.42. The van der Waals surface area contributed by atoms with E-state index in [0.29, 0.717) is 19.3 Å². The molecule has 118 valence electrons. The van der Waals surface area contributed by atoms with Gasteiger partial charge in [0.25, 0.3) is 0 Å². The maximum Gasteiger partial charge on any atom is 0.401 e. The molecule has 0 aromatic rings. The van der Waals surface area contributed by atoms with Crippen molar-refractivity contribution in [3.05, 3.63) is 0 Å². The Hall–Kier alpha value is -0.820. The number of alkyl halides is 3. The molecule has 1 rings (SSSR count). The molecule has 1 saturated carbocycles. The van der Waals surface area contributed by atoms with E-state index in [9.17, 15) is 23.1 Å². The molecule has 1 fully saturated rings. The first kappa shape index (κ1) is 17.2. The van der Waals surface area contributed by atoms with Crippen LogP contribution in [0.4, 0.5) is 13.2 Å². The molecule has 4 nitrogen and oxygen atoms in total. The van der Waals surface area contributed by atoms with E-state index < -0.39 is 24.2 Å². The van der Waals surface area contributed by atoms with Crippen LogP contribution in [0.15, 0.2) is 0 Å². The Morgan fingerprint density at radius 3 is 2.55 bits per heavy atom.